The van der Waals surface area contributed by atoms with E-state index in [1.165, 1.54) is 12.3 Å². The monoisotopic (exact) mass is 362 g/mol. The van der Waals surface area contributed by atoms with Crippen LogP contribution in [0.2, 0.25) is 0 Å². The van der Waals surface area contributed by atoms with Crippen LogP contribution >= 0.6 is 0 Å². The summed E-state index contributed by atoms with van der Waals surface area (Å²) in [4.78, 5) is 34.5. The molecule has 0 aromatic carbocycles. The van der Waals surface area contributed by atoms with Crippen LogP contribution in [0.5, 0.6) is 0 Å². The Morgan fingerprint density at radius 2 is 1.40 bits per heavy atom. The van der Waals surface area contributed by atoms with Crippen molar-refractivity contribution in [3.63, 3.8) is 0 Å². The largest absolute Gasteiger partial charge is 0.508 e. The smallest absolute Gasteiger partial charge is 0.491 e. The summed E-state index contributed by atoms with van der Waals surface area (Å²) in [5.74, 6) is 0. The third-order valence-electron chi connectivity index (χ3n) is 2.83. The van der Waals surface area contributed by atoms with Crippen LogP contribution in [-0.4, -0.2) is 63.2 Å². The molecule has 0 fully saturated rings. The molecule has 0 spiro atoms. The summed E-state index contributed by atoms with van der Waals surface area (Å²) in [5, 5.41) is 0. The minimum Gasteiger partial charge on any atom is -0.491 e. The van der Waals surface area contributed by atoms with E-state index in [9.17, 15) is 14.4 Å². The van der Waals surface area contributed by atoms with Gasteiger partial charge < -0.3 is 33.2 Å². The second kappa shape index (κ2) is 11.0. The number of hydrogen-bond acceptors (Lipinski definition) is 10. The van der Waals surface area contributed by atoms with Gasteiger partial charge in [0, 0.05) is 0 Å². The van der Waals surface area contributed by atoms with Gasteiger partial charge in [-0.1, -0.05) is 0 Å². The molecule has 0 aliphatic carbocycles. The third-order valence-corrected chi connectivity index (χ3v) is 2.83. The molecule has 0 unspecified atom stereocenters. The molecule has 142 valence electrons. The molecule has 0 aromatic heterocycles. The van der Waals surface area contributed by atoms with Crippen LogP contribution in [0.3, 0.4) is 0 Å². The van der Waals surface area contributed by atoms with E-state index in [0.717, 1.165) is 0 Å². The number of carbonyl (C=O) groups excluding carboxylic acids is 3. The van der Waals surface area contributed by atoms with Crippen LogP contribution in [0, 0.1) is 0 Å². The number of hydrogen-bond donors (Lipinski definition) is 0. The van der Waals surface area contributed by atoms with E-state index in [1.54, 1.807) is 20.8 Å². The van der Waals surface area contributed by atoms with Gasteiger partial charge in [-0.25, -0.2) is 14.4 Å². The predicted molar refractivity (Wildman–Crippen MR) is 80.8 cm³/mol. The van der Waals surface area contributed by atoms with Crippen LogP contribution in [0.1, 0.15) is 20.8 Å². The van der Waals surface area contributed by atoms with Crippen LogP contribution in [-0.2, 0) is 33.2 Å². The van der Waals surface area contributed by atoms with Gasteiger partial charge in [-0.2, -0.15) is 0 Å². The van der Waals surface area contributed by atoms with Gasteiger partial charge in [0.2, 0.25) is 0 Å². The van der Waals surface area contributed by atoms with Crippen molar-refractivity contribution in [3.8, 4) is 0 Å². The van der Waals surface area contributed by atoms with E-state index in [2.05, 4.69) is 4.74 Å². The maximum atomic E-state index is 11.6. The maximum Gasteiger partial charge on any atom is 0.508 e. The Kier molecular flexibility index (Phi) is 8.97. The predicted octanol–water partition coefficient (Wildman–Crippen LogP) is 2.16. The number of rotatable bonds is 7. The Morgan fingerprint density at radius 1 is 0.840 bits per heavy atom. The molecule has 1 aliphatic heterocycles. The zero-order chi connectivity index (χ0) is 18.7. The summed E-state index contributed by atoms with van der Waals surface area (Å²) >= 11 is 0. The molecular formula is C15H22O10. The van der Waals surface area contributed by atoms with Crippen LogP contribution in [0.15, 0.2) is 12.3 Å². The highest BCUT2D eigenvalue weighted by Gasteiger charge is 2.39. The number of ether oxygens (including phenoxy) is 7. The van der Waals surface area contributed by atoms with Gasteiger partial charge in [-0.05, 0) is 26.8 Å². The van der Waals surface area contributed by atoms with Crippen LogP contribution in [0.4, 0.5) is 14.4 Å². The normalized spacial score (nSPS) is 21.5. The van der Waals surface area contributed by atoms with Crippen molar-refractivity contribution in [2.45, 2.75) is 39.1 Å². The molecule has 0 amide bonds. The highest BCUT2D eigenvalue weighted by molar-refractivity contribution is 5.62. The second-order valence-electron chi connectivity index (χ2n) is 4.53. The Labute approximate surface area is 144 Å². The van der Waals surface area contributed by atoms with E-state index in [1.807, 2.05) is 0 Å². The lowest BCUT2D eigenvalue weighted by Crippen LogP contribution is -2.48. The first kappa shape index (κ1) is 20.4. The summed E-state index contributed by atoms with van der Waals surface area (Å²) in [6.07, 6.45) is -3.27. The number of carbonyl (C=O) groups is 3. The minimum atomic E-state index is -1.11. The van der Waals surface area contributed by atoms with Crippen molar-refractivity contribution in [1.29, 1.82) is 0 Å². The molecule has 0 saturated carbocycles. The first-order valence-corrected chi connectivity index (χ1v) is 7.80. The molecule has 0 aromatic rings. The van der Waals surface area contributed by atoms with Crippen molar-refractivity contribution < 1.29 is 47.5 Å². The summed E-state index contributed by atoms with van der Waals surface area (Å²) in [6, 6.07) is 0. The topological polar surface area (TPSA) is 116 Å². The van der Waals surface area contributed by atoms with Gasteiger partial charge in [-0.3, -0.25) is 0 Å². The van der Waals surface area contributed by atoms with Gasteiger partial charge in [0.25, 0.3) is 0 Å². The fourth-order valence-corrected chi connectivity index (χ4v) is 1.84. The Bertz CT molecular complexity index is 475. The van der Waals surface area contributed by atoms with Crippen LogP contribution < -0.4 is 0 Å². The highest BCUT2D eigenvalue weighted by atomic mass is 16.8. The lowest BCUT2D eigenvalue weighted by Gasteiger charge is -2.32. The Morgan fingerprint density at radius 3 is 2.00 bits per heavy atom. The highest BCUT2D eigenvalue weighted by Crippen LogP contribution is 2.21. The van der Waals surface area contributed by atoms with E-state index >= 15 is 0 Å². The quantitative estimate of drug-likeness (QED) is 0.492. The van der Waals surface area contributed by atoms with Crippen molar-refractivity contribution >= 4 is 18.5 Å². The van der Waals surface area contributed by atoms with Crippen molar-refractivity contribution in [3.05, 3.63) is 12.3 Å². The molecule has 1 aliphatic rings. The third kappa shape index (κ3) is 7.19. The molecule has 3 atom stereocenters. The average Bonchev–Trinajstić information content (AvgIpc) is 2.56. The molecular weight excluding hydrogens is 340 g/mol. The molecule has 1 rings (SSSR count). The molecule has 0 radical (unpaired) electrons. The second-order valence-corrected chi connectivity index (χ2v) is 4.53. The first-order chi connectivity index (χ1) is 12.0. The van der Waals surface area contributed by atoms with Gasteiger partial charge in [0.1, 0.15) is 6.61 Å². The fourth-order valence-electron chi connectivity index (χ4n) is 1.84. The minimum absolute atomic E-state index is 0.0929. The average molecular weight is 362 g/mol. The summed E-state index contributed by atoms with van der Waals surface area (Å²) < 4.78 is 34.4. The van der Waals surface area contributed by atoms with Gasteiger partial charge >= 0.3 is 18.5 Å². The van der Waals surface area contributed by atoms with Crippen molar-refractivity contribution in [1.82, 2.24) is 0 Å². The zero-order valence-corrected chi connectivity index (χ0v) is 14.3. The first-order valence-electron chi connectivity index (χ1n) is 7.80. The van der Waals surface area contributed by atoms with E-state index in [4.69, 9.17) is 28.4 Å². The molecule has 0 bridgehead atoms. The standard InChI is InChI=1S/C15H22O10/c1-4-19-13(16)23-9-11-12(25-15(18)21-6-3)10(7-8-22-11)24-14(17)20-5-2/h7-8,10-12H,4-6,9H2,1-3H3/t10-,11-,12+/m1/s1. The molecule has 0 N–H and O–H groups in total. The summed E-state index contributed by atoms with van der Waals surface area (Å²) in [6.45, 7) is 4.89. The van der Waals surface area contributed by atoms with E-state index in [-0.39, 0.29) is 26.4 Å². The van der Waals surface area contributed by atoms with Gasteiger partial charge in [0.15, 0.2) is 18.3 Å². The maximum absolute atomic E-state index is 11.6. The lowest BCUT2D eigenvalue weighted by atomic mass is 10.1. The SMILES string of the molecule is CCOC(=O)OC[C@H]1OC=C[C@@H](OC(=O)OCC)[C@@H]1OC(=O)OCC. The molecule has 10 nitrogen and oxygen atoms in total. The molecule has 25 heavy (non-hydrogen) atoms. The van der Waals surface area contributed by atoms with E-state index < -0.39 is 36.8 Å². The van der Waals surface area contributed by atoms with Gasteiger partial charge in [0.05, 0.1) is 26.1 Å². The summed E-state index contributed by atoms with van der Waals surface area (Å²) in [5.41, 5.74) is 0. The van der Waals surface area contributed by atoms with Crippen molar-refractivity contribution in [2.24, 2.45) is 0 Å². The summed E-state index contributed by atoms with van der Waals surface area (Å²) in [7, 11) is 0. The lowest BCUT2D eigenvalue weighted by molar-refractivity contribution is -0.113. The van der Waals surface area contributed by atoms with E-state index in [0.29, 0.717) is 0 Å². The van der Waals surface area contributed by atoms with Crippen molar-refractivity contribution in [2.75, 3.05) is 26.4 Å². The fraction of sp³-hybridized carbons (Fsp3) is 0.667. The molecule has 1 heterocycles. The van der Waals surface area contributed by atoms with Crippen LogP contribution in [0.25, 0.3) is 0 Å². The molecule has 0 saturated heterocycles. The Hall–Kier alpha value is -2.65. The molecule has 10 heteroatoms. The Balaban J connectivity index is 2.78. The van der Waals surface area contributed by atoms with Gasteiger partial charge in [-0.15, -0.1) is 0 Å². The zero-order valence-electron chi connectivity index (χ0n) is 14.3.